The van der Waals surface area contributed by atoms with Crippen LogP contribution < -0.4 is 10.6 Å². The Hall–Kier alpha value is -0.720. The lowest BCUT2D eigenvalue weighted by Gasteiger charge is -2.31. The molecule has 0 saturated carbocycles. The lowest BCUT2D eigenvalue weighted by atomic mass is 9.88. The predicted molar refractivity (Wildman–Crippen MR) is 79.9 cm³/mol. The summed E-state index contributed by atoms with van der Waals surface area (Å²) < 4.78 is 0. The highest BCUT2D eigenvalue weighted by Gasteiger charge is 2.29. The number of halogens is 1. The number of amides is 1. The molecular weight excluding hydrogens is 284 g/mol. The Kier molecular flexibility index (Phi) is 6.16. The number of hydrogen-bond acceptors (Lipinski definition) is 5. The van der Waals surface area contributed by atoms with E-state index in [0.717, 1.165) is 24.5 Å². The van der Waals surface area contributed by atoms with Gasteiger partial charge in [-0.15, -0.1) is 22.6 Å². The fourth-order valence-corrected chi connectivity index (χ4v) is 2.79. The molecular formula is C12H21ClN4OS. The van der Waals surface area contributed by atoms with Crippen LogP contribution in [0.25, 0.3) is 0 Å². The van der Waals surface area contributed by atoms with Crippen LogP contribution in [0.2, 0.25) is 0 Å². The number of carbonyl (C=O) groups excluding carboxylic acids is 1. The van der Waals surface area contributed by atoms with Gasteiger partial charge in [-0.05, 0) is 24.9 Å². The van der Waals surface area contributed by atoms with Crippen LogP contribution >= 0.6 is 23.7 Å². The highest BCUT2D eigenvalue weighted by atomic mass is 35.5. The number of aromatic nitrogens is 2. The minimum Gasteiger partial charge on any atom is -0.316 e. The molecule has 1 amide bonds. The van der Waals surface area contributed by atoms with Gasteiger partial charge in [-0.3, -0.25) is 4.79 Å². The Morgan fingerprint density at radius 2 is 2.11 bits per heavy atom. The van der Waals surface area contributed by atoms with Crippen molar-refractivity contribution < 1.29 is 4.79 Å². The molecule has 1 aliphatic rings. The number of nitrogens with zero attached hydrogens (tertiary/aromatic N) is 2. The topological polar surface area (TPSA) is 66.9 Å². The van der Waals surface area contributed by atoms with Gasteiger partial charge in [-0.2, -0.15) is 0 Å². The number of anilines is 1. The van der Waals surface area contributed by atoms with Crippen LogP contribution in [0.5, 0.6) is 0 Å². The third-order valence-corrected chi connectivity index (χ3v) is 4.07. The van der Waals surface area contributed by atoms with Crippen LogP contribution in [0.3, 0.4) is 0 Å². The fraction of sp³-hybridized carbons (Fsp3) is 0.750. The second-order valence-corrected chi connectivity index (χ2v) is 6.36. The van der Waals surface area contributed by atoms with E-state index in [0.29, 0.717) is 17.0 Å². The minimum absolute atomic E-state index is 0. The average Bonchev–Trinajstić information content (AvgIpc) is 2.61. The van der Waals surface area contributed by atoms with E-state index in [1.807, 2.05) is 6.92 Å². The van der Waals surface area contributed by atoms with Gasteiger partial charge in [0.1, 0.15) is 5.01 Å². The SMILES string of the molecule is CC(C)Cc1nnc(NC(=O)C(C)C2CNC2)s1.Cl. The van der Waals surface area contributed by atoms with E-state index in [1.165, 1.54) is 11.3 Å². The van der Waals surface area contributed by atoms with Crippen molar-refractivity contribution in [3.8, 4) is 0 Å². The molecule has 108 valence electrons. The predicted octanol–water partition coefficient (Wildman–Crippen LogP) is 1.95. The van der Waals surface area contributed by atoms with Crippen LogP contribution in [0.4, 0.5) is 5.13 Å². The molecule has 1 unspecified atom stereocenters. The molecule has 1 aliphatic heterocycles. The summed E-state index contributed by atoms with van der Waals surface area (Å²) in [5.41, 5.74) is 0. The third kappa shape index (κ3) is 4.40. The molecule has 1 atom stereocenters. The van der Waals surface area contributed by atoms with Crippen LogP contribution in [0.15, 0.2) is 0 Å². The van der Waals surface area contributed by atoms with Gasteiger partial charge < -0.3 is 10.6 Å². The summed E-state index contributed by atoms with van der Waals surface area (Å²) in [5.74, 6) is 1.09. The number of carbonyl (C=O) groups is 1. The molecule has 2 rings (SSSR count). The molecule has 0 spiro atoms. The highest BCUT2D eigenvalue weighted by Crippen LogP contribution is 2.21. The van der Waals surface area contributed by atoms with E-state index in [4.69, 9.17) is 0 Å². The molecule has 1 aromatic rings. The molecule has 1 saturated heterocycles. The first-order valence-electron chi connectivity index (χ1n) is 6.40. The summed E-state index contributed by atoms with van der Waals surface area (Å²) in [7, 11) is 0. The zero-order valence-corrected chi connectivity index (χ0v) is 13.1. The van der Waals surface area contributed by atoms with Gasteiger partial charge in [0.25, 0.3) is 0 Å². The second-order valence-electron chi connectivity index (χ2n) is 5.30. The van der Waals surface area contributed by atoms with Crippen molar-refractivity contribution >= 4 is 34.8 Å². The molecule has 19 heavy (non-hydrogen) atoms. The van der Waals surface area contributed by atoms with Gasteiger partial charge in [0.15, 0.2) is 0 Å². The lowest BCUT2D eigenvalue weighted by Crippen LogP contribution is -2.48. The Morgan fingerprint density at radius 3 is 2.63 bits per heavy atom. The first-order valence-corrected chi connectivity index (χ1v) is 7.22. The van der Waals surface area contributed by atoms with Gasteiger partial charge in [0.2, 0.25) is 11.0 Å². The number of nitrogens with one attached hydrogen (secondary N) is 2. The largest absolute Gasteiger partial charge is 0.316 e. The zero-order valence-electron chi connectivity index (χ0n) is 11.5. The van der Waals surface area contributed by atoms with Crippen molar-refractivity contribution in [2.75, 3.05) is 18.4 Å². The fourth-order valence-electron chi connectivity index (χ4n) is 1.83. The van der Waals surface area contributed by atoms with Crippen molar-refractivity contribution in [2.45, 2.75) is 27.2 Å². The standard InChI is InChI=1S/C12H20N4OS.ClH/c1-7(2)4-10-15-16-12(18-10)14-11(17)8(3)9-5-13-6-9;/h7-9,13H,4-6H2,1-3H3,(H,14,16,17);1H. The lowest BCUT2D eigenvalue weighted by molar-refractivity contribution is -0.121. The minimum atomic E-state index is 0. The van der Waals surface area contributed by atoms with E-state index in [1.54, 1.807) is 0 Å². The van der Waals surface area contributed by atoms with Crippen LogP contribution in [-0.2, 0) is 11.2 Å². The van der Waals surface area contributed by atoms with Crippen molar-refractivity contribution in [2.24, 2.45) is 17.8 Å². The maximum atomic E-state index is 12.0. The van der Waals surface area contributed by atoms with E-state index in [-0.39, 0.29) is 24.2 Å². The smallest absolute Gasteiger partial charge is 0.229 e. The molecule has 2 heterocycles. The number of rotatable bonds is 5. The maximum Gasteiger partial charge on any atom is 0.229 e. The van der Waals surface area contributed by atoms with Crippen molar-refractivity contribution in [3.63, 3.8) is 0 Å². The van der Waals surface area contributed by atoms with E-state index in [2.05, 4.69) is 34.7 Å². The molecule has 1 fully saturated rings. The van der Waals surface area contributed by atoms with Crippen LogP contribution in [0, 0.1) is 17.8 Å². The monoisotopic (exact) mass is 304 g/mol. The summed E-state index contributed by atoms with van der Waals surface area (Å²) in [6.07, 6.45) is 0.912. The molecule has 7 heteroatoms. The Morgan fingerprint density at radius 1 is 1.42 bits per heavy atom. The quantitative estimate of drug-likeness (QED) is 0.872. The molecule has 0 bridgehead atoms. The third-order valence-electron chi connectivity index (χ3n) is 3.21. The molecule has 0 aromatic carbocycles. The molecule has 0 radical (unpaired) electrons. The van der Waals surface area contributed by atoms with E-state index in [9.17, 15) is 4.79 Å². The van der Waals surface area contributed by atoms with E-state index < -0.39 is 0 Å². The first kappa shape index (κ1) is 16.3. The Bertz CT molecular complexity index is 420. The summed E-state index contributed by atoms with van der Waals surface area (Å²) in [4.78, 5) is 12.0. The van der Waals surface area contributed by atoms with Crippen molar-refractivity contribution in [3.05, 3.63) is 5.01 Å². The first-order chi connectivity index (χ1) is 8.56. The number of hydrogen-bond donors (Lipinski definition) is 2. The summed E-state index contributed by atoms with van der Waals surface area (Å²) in [5, 5.41) is 15.8. The normalized spacial score (nSPS) is 16.6. The summed E-state index contributed by atoms with van der Waals surface area (Å²) >= 11 is 1.47. The molecule has 0 aliphatic carbocycles. The maximum absolute atomic E-state index is 12.0. The second kappa shape index (κ2) is 7.17. The average molecular weight is 305 g/mol. The van der Waals surface area contributed by atoms with E-state index >= 15 is 0 Å². The van der Waals surface area contributed by atoms with Gasteiger partial charge in [-0.25, -0.2) is 0 Å². The highest BCUT2D eigenvalue weighted by molar-refractivity contribution is 7.15. The summed E-state index contributed by atoms with van der Waals surface area (Å²) in [6.45, 7) is 8.13. The summed E-state index contributed by atoms with van der Waals surface area (Å²) in [6, 6.07) is 0. The Labute approximate surface area is 124 Å². The van der Waals surface area contributed by atoms with Gasteiger partial charge >= 0.3 is 0 Å². The van der Waals surface area contributed by atoms with Gasteiger partial charge in [-0.1, -0.05) is 32.1 Å². The van der Waals surface area contributed by atoms with Crippen LogP contribution in [0.1, 0.15) is 25.8 Å². The van der Waals surface area contributed by atoms with Gasteiger partial charge in [0.05, 0.1) is 0 Å². The molecule has 2 N–H and O–H groups in total. The van der Waals surface area contributed by atoms with Gasteiger partial charge in [0, 0.05) is 12.3 Å². The van der Waals surface area contributed by atoms with Crippen molar-refractivity contribution in [1.29, 1.82) is 0 Å². The molecule has 1 aromatic heterocycles. The van der Waals surface area contributed by atoms with Crippen LogP contribution in [-0.4, -0.2) is 29.2 Å². The Balaban J connectivity index is 0.00000180. The zero-order chi connectivity index (χ0) is 13.1. The van der Waals surface area contributed by atoms with Crippen molar-refractivity contribution in [1.82, 2.24) is 15.5 Å². The molecule has 5 nitrogen and oxygen atoms in total.